The van der Waals surface area contributed by atoms with Gasteiger partial charge in [0.1, 0.15) is 18.3 Å². The molecule has 6 fully saturated rings. The van der Waals surface area contributed by atoms with Crippen molar-refractivity contribution in [3.05, 3.63) is 69.9 Å². The van der Waals surface area contributed by atoms with Crippen molar-refractivity contribution in [3.63, 3.8) is 0 Å². The molecule has 258 valence electrons. The maximum atomic E-state index is 15.1. The van der Waals surface area contributed by atoms with Crippen LogP contribution in [0.5, 0.6) is 5.75 Å². The molecule has 11 rings (SSSR count). The van der Waals surface area contributed by atoms with Crippen molar-refractivity contribution < 1.29 is 28.5 Å². The molecule has 2 aromatic carbocycles. The van der Waals surface area contributed by atoms with Crippen LogP contribution in [0.15, 0.2) is 48.0 Å². The van der Waals surface area contributed by atoms with E-state index in [2.05, 4.69) is 53.5 Å². The lowest BCUT2D eigenvalue weighted by molar-refractivity contribution is -0.981. The highest BCUT2D eigenvalue weighted by atomic mass is 16.6. The number of carbonyl (C=O) groups is 1. The van der Waals surface area contributed by atoms with Crippen LogP contribution < -0.4 is 15.0 Å². The van der Waals surface area contributed by atoms with Crippen molar-refractivity contribution in [2.45, 2.75) is 106 Å². The minimum Gasteiger partial charge on any atom is -0.632 e. The first-order chi connectivity index (χ1) is 23.6. The Morgan fingerprint density at radius 2 is 2.00 bits per heavy atom. The Kier molecular flexibility index (Phi) is 5.34. The number of benzene rings is 2. The number of fused-ring (bicyclic) bond motifs is 7. The van der Waals surface area contributed by atoms with Gasteiger partial charge in [0.05, 0.1) is 38.7 Å². The third-order valence-corrected chi connectivity index (χ3v) is 16.4. The number of anilines is 2. The number of methoxy groups -OCH3 is 1. The molecule has 9 nitrogen and oxygen atoms in total. The summed E-state index contributed by atoms with van der Waals surface area (Å²) in [5.74, 6) is 0.408. The predicted octanol–water partition coefficient (Wildman–Crippen LogP) is 5.20. The summed E-state index contributed by atoms with van der Waals surface area (Å²) in [4.78, 5) is 16.2. The highest BCUT2D eigenvalue weighted by molar-refractivity contribution is 5.86. The molecule has 0 radical (unpaired) electrons. The molecule has 9 heterocycles. The van der Waals surface area contributed by atoms with Crippen LogP contribution in [0.1, 0.15) is 81.9 Å². The first kappa shape index (κ1) is 29.6. The average molecular weight is 666 g/mol. The number of ether oxygens (including phenoxy) is 2. The Bertz CT molecular complexity index is 1900. The molecule has 1 unspecified atom stereocenters. The number of hydroxylamine groups is 3. The van der Waals surface area contributed by atoms with E-state index in [1.165, 1.54) is 31.9 Å². The lowest BCUT2D eigenvalue weighted by atomic mass is 9.57. The molecule has 3 spiro atoms. The van der Waals surface area contributed by atoms with E-state index in [9.17, 15) is 9.90 Å². The van der Waals surface area contributed by atoms with Crippen molar-refractivity contribution >= 4 is 17.3 Å². The predicted molar refractivity (Wildman–Crippen MR) is 184 cm³/mol. The molecular formula is C40H49N4O5+. The van der Waals surface area contributed by atoms with Gasteiger partial charge in [0.25, 0.3) is 0 Å². The fourth-order valence-electron chi connectivity index (χ4n) is 14.2. The van der Waals surface area contributed by atoms with Crippen molar-refractivity contribution in [2.75, 3.05) is 50.1 Å². The number of esters is 1. The van der Waals surface area contributed by atoms with Gasteiger partial charge in [0, 0.05) is 60.0 Å². The monoisotopic (exact) mass is 665 g/mol. The second-order valence-corrected chi connectivity index (χ2v) is 17.5. The van der Waals surface area contributed by atoms with E-state index in [-0.39, 0.29) is 22.6 Å². The molecule has 2 N–H and O–H groups in total. The fourth-order valence-corrected chi connectivity index (χ4v) is 14.2. The summed E-state index contributed by atoms with van der Waals surface area (Å²) in [6, 6.07) is 12.0. The molecule has 10 atom stereocenters. The van der Waals surface area contributed by atoms with Crippen LogP contribution in [0.25, 0.3) is 0 Å². The minimum atomic E-state index is -1.03. The zero-order valence-corrected chi connectivity index (χ0v) is 29.1. The van der Waals surface area contributed by atoms with Crippen molar-refractivity contribution in [1.29, 1.82) is 0 Å². The number of hydrogen-bond acceptors (Lipinski definition) is 7. The third-order valence-electron chi connectivity index (χ3n) is 16.4. The van der Waals surface area contributed by atoms with Gasteiger partial charge in [-0.15, -0.1) is 0 Å². The average Bonchev–Trinajstić information content (AvgIpc) is 3.61. The van der Waals surface area contributed by atoms with Gasteiger partial charge in [0.15, 0.2) is 11.6 Å². The van der Waals surface area contributed by atoms with Gasteiger partial charge in [-0.2, -0.15) is 0 Å². The SMILES string of the molecule is C/C=C1/C[N+]2([O-])CC[C@@]34Cc5cc6c(cc5O[C@@]35[C@@H]2C[C@@H]1[C@@H](C(=O)OC)N5c1ccccc14)N[C@@]12CC[C@@]3(CC)CCC[N@+]1(CC[C@@]62O)C3. The van der Waals surface area contributed by atoms with Crippen LogP contribution in [0, 0.1) is 16.5 Å². The van der Waals surface area contributed by atoms with Crippen LogP contribution in [-0.4, -0.2) is 83.5 Å². The third kappa shape index (κ3) is 2.96. The quantitative estimate of drug-likeness (QED) is 0.197. The standard InChI is InChI=1S/C40H49N4O5/c1-4-25-23-44(47)18-14-37-22-26-19-29-30(41-39-13-12-36(5-2)11-8-16-43(39,24-36)17-15-38(29,39)46)21-32(26)49-40(37)33(44)20-27(25)34(35(45)48-3)42(40)31-10-7-6-9-28(31)37/h4,6-7,9-10,19,21,27,33-34,41,46H,5,8,11-18,20,22-24H2,1-3H3/q+1/b25-4-/t27-,33-,34-,36+,37-,38+,39-,40-,43-,44?/m0/s1. The number of piperidine rings is 5. The highest BCUT2D eigenvalue weighted by Crippen LogP contribution is 2.70. The molecule has 0 saturated carbocycles. The lowest BCUT2D eigenvalue weighted by Gasteiger charge is -2.71. The fraction of sp³-hybridized carbons (Fsp3) is 0.625. The molecule has 9 heteroatoms. The van der Waals surface area contributed by atoms with Crippen LogP contribution >= 0.6 is 0 Å². The molecule has 9 aliphatic heterocycles. The van der Waals surface area contributed by atoms with E-state index in [0.29, 0.717) is 37.8 Å². The topological polar surface area (TPSA) is 94.1 Å². The Hall–Kier alpha value is -3.11. The van der Waals surface area contributed by atoms with Gasteiger partial charge in [0.2, 0.25) is 11.4 Å². The number of aliphatic hydroxyl groups is 1. The molecule has 0 aromatic heterocycles. The van der Waals surface area contributed by atoms with Crippen molar-refractivity contribution in [2.24, 2.45) is 11.3 Å². The summed E-state index contributed by atoms with van der Waals surface area (Å²) in [6.07, 6.45) is 10.7. The Morgan fingerprint density at radius 1 is 1.14 bits per heavy atom. The summed E-state index contributed by atoms with van der Waals surface area (Å²) in [7, 11) is 1.48. The number of hydrogen-bond donors (Lipinski definition) is 2. The molecule has 6 saturated heterocycles. The van der Waals surface area contributed by atoms with Crippen molar-refractivity contribution in [3.8, 4) is 5.75 Å². The number of nitrogens with zero attached hydrogens (tertiary/aromatic N) is 3. The summed E-state index contributed by atoms with van der Waals surface area (Å²) >= 11 is 0. The Morgan fingerprint density at radius 3 is 2.82 bits per heavy atom. The first-order valence-corrected chi connectivity index (χ1v) is 19.0. The second-order valence-electron chi connectivity index (χ2n) is 17.5. The van der Waals surface area contributed by atoms with Gasteiger partial charge in [-0.3, -0.25) is 4.48 Å². The van der Waals surface area contributed by atoms with Crippen LogP contribution in [0.2, 0.25) is 0 Å². The molecule has 0 amide bonds. The zero-order valence-electron chi connectivity index (χ0n) is 29.1. The largest absolute Gasteiger partial charge is 0.632 e. The summed E-state index contributed by atoms with van der Waals surface area (Å²) in [5, 5.41) is 32.2. The highest BCUT2D eigenvalue weighted by Gasteiger charge is 2.81. The van der Waals surface area contributed by atoms with E-state index in [4.69, 9.17) is 9.47 Å². The smallest absolute Gasteiger partial charge is 0.329 e. The summed E-state index contributed by atoms with van der Waals surface area (Å²) in [6.45, 7) is 8.55. The first-order valence-electron chi connectivity index (χ1n) is 19.0. The molecular weight excluding hydrogens is 616 g/mol. The number of allylic oxidation sites excluding steroid dienone is 1. The molecule has 49 heavy (non-hydrogen) atoms. The molecule has 4 bridgehead atoms. The van der Waals surface area contributed by atoms with E-state index in [1.54, 1.807) is 0 Å². The summed E-state index contributed by atoms with van der Waals surface area (Å²) < 4.78 is 13.8. The molecule has 9 aliphatic rings. The number of nitrogens with one attached hydrogen (secondary N) is 1. The molecule has 2 aromatic rings. The Labute approximate surface area is 288 Å². The normalized spacial score (nSPS) is 47.9. The van der Waals surface area contributed by atoms with Crippen molar-refractivity contribution in [1.82, 2.24) is 0 Å². The number of carbonyl (C=O) groups excluding carboxylic acids is 1. The van der Waals surface area contributed by atoms with E-state index in [1.807, 2.05) is 13.0 Å². The van der Waals surface area contributed by atoms with E-state index >= 15 is 5.21 Å². The second kappa shape index (κ2) is 8.84. The molecule has 0 aliphatic carbocycles. The number of quaternary nitrogens is 2. The maximum Gasteiger partial charge on any atom is 0.329 e. The lowest BCUT2D eigenvalue weighted by Crippen LogP contribution is -2.86. The van der Waals surface area contributed by atoms with Crippen LogP contribution in [0.4, 0.5) is 11.4 Å². The maximum absolute atomic E-state index is 15.1. The minimum absolute atomic E-state index is 0.111. The van der Waals surface area contributed by atoms with Crippen LogP contribution in [-0.2, 0) is 27.0 Å². The van der Waals surface area contributed by atoms with Gasteiger partial charge in [-0.25, -0.2) is 4.79 Å². The van der Waals surface area contributed by atoms with Crippen LogP contribution in [0.3, 0.4) is 0 Å². The van der Waals surface area contributed by atoms with E-state index in [0.717, 1.165) is 77.2 Å². The van der Waals surface area contributed by atoms with E-state index < -0.39 is 28.4 Å². The van der Waals surface area contributed by atoms with Gasteiger partial charge in [-0.05, 0) is 67.9 Å². The zero-order chi connectivity index (χ0) is 33.4. The number of para-hydroxylation sites is 1. The van der Waals surface area contributed by atoms with Gasteiger partial charge >= 0.3 is 5.97 Å². The van der Waals surface area contributed by atoms with Gasteiger partial charge < -0.3 is 34.7 Å². The summed E-state index contributed by atoms with van der Waals surface area (Å²) in [5.41, 5.74) is 3.83. The Balaban J connectivity index is 1.10. The number of rotatable bonds is 2. The van der Waals surface area contributed by atoms with Gasteiger partial charge in [-0.1, -0.05) is 31.2 Å².